The summed E-state index contributed by atoms with van der Waals surface area (Å²) in [5.74, 6) is -0.250. The first kappa shape index (κ1) is 13.2. The van der Waals surface area contributed by atoms with Crippen molar-refractivity contribution >= 4 is 51.3 Å². The summed E-state index contributed by atoms with van der Waals surface area (Å²) in [6, 6.07) is 8.84. The van der Waals surface area contributed by atoms with Crippen LogP contribution in [0, 0.1) is 2.88 Å². The highest BCUT2D eigenvalue weighted by Crippen LogP contribution is 2.25. The lowest BCUT2D eigenvalue weighted by molar-refractivity contribution is -0.114. The molecule has 0 radical (unpaired) electrons. The first-order chi connectivity index (χ1) is 8.59. The molecule has 0 aliphatic carbocycles. The van der Waals surface area contributed by atoms with E-state index < -0.39 is 0 Å². The fourth-order valence-electron chi connectivity index (χ4n) is 1.58. The minimum absolute atomic E-state index is 0.0648. The van der Waals surface area contributed by atoms with E-state index in [-0.39, 0.29) is 11.7 Å². The Labute approximate surface area is 122 Å². The molecule has 5 heteroatoms. The van der Waals surface area contributed by atoms with Crippen LogP contribution in [0.4, 0.5) is 5.69 Å². The van der Waals surface area contributed by atoms with Crippen LogP contribution in [0.5, 0.6) is 0 Å². The molecule has 1 heterocycles. The number of carbonyl (C=O) groups is 2. The number of hydrogen-bond donors (Lipinski definition) is 1. The van der Waals surface area contributed by atoms with Crippen molar-refractivity contribution in [2.75, 3.05) is 5.32 Å². The van der Waals surface area contributed by atoms with Gasteiger partial charge < -0.3 is 5.32 Å². The second kappa shape index (κ2) is 5.62. The van der Waals surface area contributed by atoms with Crippen molar-refractivity contribution in [1.29, 1.82) is 0 Å². The van der Waals surface area contributed by atoms with E-state index in [4.69, 9.17) is 0 Å². The SMILES string of the molecule is CC(=O)Nc1ccccc1C(=O)c1ccsc1I. The van der Waals surface area contributed by atoms with Gasteiger partial charge in [0.1, 0.15) is 0 Å². The van der Waals surface area contributed by atoms with Crippen LogP contribution < -0.4 is 5.32 Å². The van der Waals surface area contributed by atoms with Crippen molar-refractivity contribution in [2.45, 2.75) is 6.92 Å². The molecule has 92 valence electrons. The Balaban J connectivity index is 2.42. The average Bonchev–Trinajstić information content (AvgIpc) is 2.74. The van der Waals surface area contributed by atoms with Gasteiger partial charge in [-0.05, 0) is 46.2 Å². The van der Waals surface area contributed by atoms with Gasteiger partial charge in [-0.15, -0.1) is 11.3 Å². The Morgan fingerprint density at radius 3 is 2.50 bits per heavy atom. The number of benzene rings is 1. The highest BCUT2D eigenvalue weighted by atomic mass is 127. The van der Waals surface area contributed by atoms with E-state index in [0.717, 1.165) is 2.88 Å². The summed E-state index contributed by atoms with van der Waals surface area (Å²) >= 11 is 3.67. The number of rotatable bonds is 3. The molecule has 0 bridgehead atoms. The zero-order valence-electron chi connectivity index (χ0n) is 9.57. The van der Waals surface area contributed by atoms with Gasteiger partial charge in [0.15, 0.2) is 5.78 Å². The highest BCUT2D eigenvalue weighted by molar-refractivity contribution is 14.1. The van der Waals surface area contributed by atoms with Gasteiger partial charge in [-0.1, -0.05) is 12.1 Å². The van der Waals surface area contributed by atoms with Gasteiger partial charge >= 0.3 is 0 Å². The largest absolute Gasteiger partial charge is 0.326 e. The standard InChI is InChI=1S/C13H10INO2S/c1-8(16)15-11-5-3-2-4-9(11)12(17)10-6-7-18-13(10)14/h2-7H,1H3,(H,15,16). The Kier molecular flexibility index (Phi) is 4.13. The zero-order chi connectivity index (χ0) is 13.1. The summed E-state index contributed by atoms with van der Waals surface area (Å²) in [6.45, 7) is 1.43. The Morgan fingerprint density at radius 2 is 1.89 bits per heavy atom. The number of para-hydroxylation sites is 1. The smallest absolute Gasteiger partial charge is 0.221 e. The summed E-state index contributed by atoms with van der Waals surface area (Å²) in [7, 11) is 0. The van der Waals surface area contributed by atoms with Crippen molar-refractivity contribution in [2.24, 2.45) is 0 Å². The average molecular weight is 371 g/mol. The molecule has 1 aromatic carbocycles. The van der Waals surface area contributed by atoms with E-state index in [1.165, 1.54) is 18.3 Å². The molecular formula is C13H10INO2S. The van der Waals surface area contributed by atoms with Crippen LogP contribution in [-0.4, -0.2) is 11.7 Å². The normalized spacial score (nSPS) is 10.1. The molecule has 0 unspecified atom stereocenters. The molecule has 0 spiro atoms. The Morgan fingerprint density at radius 1 is 1.17 bits per heavy atom. The first-order valence-electron chi connectivity index (χ1n) is 5.24. The van der Waals surface area contributed by atoms with Crippen LogP contribution in [0.3, 0.4) is 0 Å². The Hall–Kier alpha value is -1.21. The van der Waals surface area contributed by atoms with Crippen molar-refractivity contribution in [3.63, 3.8) is 0 Å². The van der Waals surface area contributed by atoms with Gasteiger partial charge in [0, 0.05) is 18.1 Å². The number of amides is 1. The molecule has 1 amide bonds. The van der Waals surface area contributed by atoms with E-state index in [0.29, 0.717) is 16.8 Å². The number of halogens is 1. The monoisotopic (exact) mass is 371 g/mol. The fraction of sp³-hybridized carbons (Fsp3) is 0.0769. The molecule has 2 aromatic rings. The Bertz CT molecular complexity index is 607. The van der Waals surface area contributed by atoms with Crippen molar-refractivity contribution in [3.05, 3.63) is 49.7 Å². The van der Waals surface area contributed by atoms with E-state index in [9.17, 15) is 9.59 Å². The number of anilines is 1. The van der Waals surface area contributed by atoms with Crippen LogP contribution in [-0.2, 0) is 4.79 Å². The van der Waals surface area contributed by atoms with Crippen LogP contribution in [0.25, 0.3) is 0 Å². The van der Waals surface area contributed by atoms with Crippen LogP contribution in [0.2, 0.25) is 0 Å². The van der Waals surface area contributed by atoms with E-state index in [1.54, 1.807) is 30.3 Å². The molecule has 0 fully saturated rings. The van der Waals surface area contributed by atoms with E-state index in [2.05, 4.69) is 27.9 Å². The van der Waals surface area contributed by atoms with Crippen LogP contribution in [0.15, 0.2) is 35.7 Å². The summed E-state index contributed by atoms with van der Waals surface area (Å²) in [5, 5.41) is 4.56. The molecule has 0 atom stereocenters. The second-order valence-corrected chi connectivity index (χ2v) is 6.39. The van der Waals surface area contributed by atoms with Crippen molar-refractivity contribution in [1.82, 2.24) is 0 Å². The van der Waals surface area contributed by atoms with Gasteiger partial charge in [-0.2, -0.15) is 0 Å². The summed E-state index contributed by atoms with van der Waals surface area (Å²) in [5.41, 5.74) is 1.75. The first-order valence-corrected chi connectivity index (χ1v) is 7.19. The third kappa shape index (κ3) is 2.78. The van der Waals surface area contributed by atoms with E-state index >= 15 is 0 Å². The number of hydrogen-bond acceptors (Lipinski definition) is 3. The summed E-state index contributed by atoms with van der Waals surface area (Å²) in [6.07, 6.45) is 0. The van der Waals surface area contributed by atoms with Gasteiger partial charge in [-0.25, -0.2) is 0 Å². The highest BCUT2D eigenvalue weighted by Gasteiger charge is 2.17. The van der Waals surface area contributed by atoms with Gasteiger partial charge in [0.2, 0.25) is 5.91 Å². The lowest BCUT2D eigenvalue weighted by Crippen LogP contribution is -2.11. The van der Waals surface area contributed by atoms with Crippen LogP contribution in [0.1, 0.15) is 22.8 Å². The predicted molar refractivity (Wildman–Crippen MR) is 81.2 cm³/mol. The maximum absolute atomic E-state index is 12.4. The van der Waals surface area contributed by atoms with Gasteiger partial charge in [-0.3, -0.25) is 9.59 Å². The van der Waals surface area contributed by atoms with E-state index in [1.807, 2.05) is 5.38 Å². The zero-order valence-corrected chi connectivity index (χ0v) is 12.5. The lowest BCUT2D eigenvalue weighted by atomic mass is 10.0. The topological polar surface area (TPSA) is 46.2 Å². The molecule has 3 nitrogen and oxygen atoms in total. The minimum Gasteiger partial charge on any atom is -0.326 e. The predicted octanol–water partition coefficient (Wildman–Crippen LogP) is 3.54. The number of nitrogens with one attached hydrogen (secondary N) is 1. The summed E-state index contributed by atoms with van der Waals surface area (Å²) in [4.78, 5) is 23.5. The maximum Gasteiger partial charge on any atom is 0.221 e. The molecule has 0 aliphatic rings. The number of carbonyl (C=O) groups excluding carboxylic acids is 2. The third-order valence-electron chi connectivity index (χ3n) is 2.34. The molecule has 18 heavy (non-hydrogen) atoms. The minimum atomic E-state index is -0.185. The van der Waals surface area contributed by atoms with Gasteiger partial charge in [0.25, 0.3) is 0 Å². The maximum atomic E-state index is 12.4. The molecule has 1 N–H and O–H groups in total. The molecule has 1 aromatic heterocycles. The van der Waals surface area contributed by atoms with Crippen molar-refractivity contribution < 1.29 is 9.59 Å². The summed E-state index contributed by atoms with van der Waals surface area (Å²) < 4.78 is 0.954. The molecule has 0 saturated carbocycles. The second-order valence-electron chi connectivity index (χ2n) is 3.66. The quantitative estimate of drug-likeness (QED) is 0.663. The molecular weight excluding hydrogens is 361 g/mol. The number of thiophene rings is 1. The molecule has 2 rings (SSSR count). The lowest BCUT2D eigenvalue weighted by Gasteiger charge is -2.08. The molecule has 0 aliphatic heterocycles. The third-order valence-corrected chi connectivity index (χ3v) is 4.39. The number of ketones is 1. The van der Waals surface area contributed by atoms with Gasteiger partial charge in [0.05, 0.1) is 8.57 Å². The van der Waals surface area contributed by atoms with Crippen molar-refractivity contribution in [3.8, 4) is 0 Å². The fourth-order valence-corrected chi connectivity index (χ4v) is 3.06. The van der Waals surface area contributed by atoms with Crippen LogP contribution >= 0.6 is 33.9 Å². The molecule has 0 saturated heterocycles.